The van der Waals surface area contributed by atoms with Crippen LogP contribution in [0.2, 0.25) is 5.02 Å². The lowest BCUT2D eigenvalue weighted by Gasteiger charge is -2.30. The lowest BCUT2D eigenvalue weighted by Crippen LogP contribution is -2.50. The molecule has 4 amide bonds. The van der Waals surface area contributed by atoms with E-state index < -0.39 is 30.8 Å². The summed E-state index contributed by atoms with van der Waals surface area (Å²) in [7, 11) is 3.06. The van der Waals surface area contributed by atoms with Crippen LogP contribution in [-0.4, -0.2) is 100 Å². The molecule has 2 aromatic carbocycles. The molecule has 0 aliphatic carbocycles. The van der Waals surface area contributed by atoms with E-state index in [4.69, 9.17) is 25.8 Å². The number of para-hydroxylation sites is 1. The van der Waals surface area contributed by atoms with Gasteiger partial charge < -0.3 is 34.2 Å². The quantitative estimate of drug-likeness (QED) is 0.411. The van der Waals surface area contributed by atoms with Crippen molar-refractivity contribution in [2.75, 3.05) is 65.1 Å². The highest BCUT2D eigenvalue weighted by molar-refractivity contribution is 6.34. The van der Waals surface area contributed by atoms with Gasteiger partial charge in [0.1, 0.15) is 5.75 Å². The van der Waals surface area contributed by atoms with Crippen LogP contribution in [0.25, 0.3) is 0 Å². The minimum atomic E-state index is -4.52. The lowest BCUT2D eigenvalue weighted by molar-refractivity contribution is -0.153. The molecule has 0 fully saturated rings. The van der Waals surface area contributed by atoms with Crippen molar-refractivity contribution in [1.82, 2.24) is 15.1 Å². The summed E-state index contributed by atoms with van der Waals surface area (Å²) >= 11 is 6.30. The first-order valence-corrected chi connectivity index (χ1v) is 13.5. The second-order valence-electron chi connectivity index (χ2n) is 9.59. The number of hydrogen-bond donors (Lipinski definition) is 1. The number of urea groups is 1. The summed E-state index contributed by atoms with van der Waals surface area (Å²) in [6.45, 7) is 1.65. The molecule has 1 heterocycles. The van der Waals surface area contributed by atoms with E-state index in [-0.39, 0.29) is 41.9 Å². The summed E-state index contributed by atoms with van der Waals surface area (Å²) in [6.07, 6.45) is -4.52. The number of carbonyl (C=O) groups is 3. The summed E-state index contributed by atoms with van der Waals surface area (Å²) in [4.78, 5) is 44.3. The van der Waals surface area contributed by atoms with Gasteiger partial charge in [-0.25, -0.2) is 4.79 Å². The second kappa shape index (κ2) is 15.1. The molecule has 0 unspecified atom stereocenters. The summed E-state index contributed by atoms with van der Waals surface area (Å²) in [5.41, 5.74) is 1.30. The molecule has 3 rings (SSSR count). The third-order valence-electron chi connectivity index (χ3n) is 6.56. The van der Waals surface area contributed by atoms with Gasteiger partial charge in [-0.05, 0) is 36.8 Å². The number of nitrogens with one attached hydrogen (secondary N) is 1. The molecule has 1 N–H and O–H groups in total. The van der Waals surface area contributed by atoms with Crippen molar-refractivity contribution in [3.8, 4) is 5.75 Å². The zero-order valence-electron chi connectivity index (χ0n) is 23.6. The Morgan fingerprint density at radius 3 is 2.36 bits per heavy atom. The molecule has 0 saturated carbocycles. The van der Waals surface area contributed by atoms with Gasteiger partial charge in [-0.2, -0.15) is 13.2 Å². The average molecular weight is 615 g/mol. The maximum atomic E-state index is 13.7. The molecule has 14 heteroatoms. The molecule has 2 aromatic rings. The van der Waals surface area contributed by atoms with Crippen molar-refractivity contribution in [3.05, 3.63) is 58.6 Å². The highest BCUT2D eigenvalue weighted by atomic mass is 35.5. The number of carbonyl (C=O) groups excluding carboxylic acids is 3. The van der Waals surface area contributed by atoms with Crippen molar-refractivity contribution < 1.29 is 41.8 Å². The van der Waals surface area contributed by atoms with E-state index in [0.717, 1.165) is 6.07 Å². The second-order valence-corrected chi connectivity index (χ2v) is 10.00. The molecule has 1 atom stereocenters. The number of alkyl halides is 3. The highest BCUT2D eigenvalue weighted by Gasteiger charge is 2.33. The van der Waals surface area contributed by atoms with Crippen molar-refractivity contribution in [2.24, 2.45) is 0 Å². The standard InChI is InChI=1S/C28H34ClF3N4O6/c1-19-16-36(26(38)22-9-8-21(14-23(22)29)42-18-28(30,31)32)24-7-5-4-6-20(24)17-35(19)27(39)33-15-25(37)34(10-12-40-2)11-13-41-3/h4-9,14,19H,10-13,15-18H2,1-3H3,(H,33,39)/t19-/m1/s1. The number of rotatable bonds is 11. The number of benzene rings is 2. The molecule has 42 heavy (non-hydrogen) atoms. The highest BCUT2D eigenvalue weighted by Crippen LogP contribution is 2.31. The topological polar surface area (TPSA) is 101 Å². The van der Waals surface area contributed by atoms with Gasteiger partial charge in [0.05, 0.1) is 30.3 Å². The van der Waals surface area contributed by atoms with Crippen LogP contribution in [0.5, 0.6) is 5.75 Å². The Morgan fingerprint density at radius 2 is 1.74 bits per heavy atom. The normalized spacial score (nSPS) is 15.1. The Bertz CT molecular complexity index is 1240. The van der Waals surface area contributed by atoms with Crippen LogP contribution >= 0.6 is 11.6 Å². The molecule has 0 bridgehead atoms. The van der Waals surface area contributed by atoms with E-state index in [1.165, 1.54) is 41.1 Å². The number of fused-ring (bicyclic) bond motifs is 1. The maximum Gasteiger partial charge on any atom is 0.422 e. The minimum Gasteiger partial charge on any atom is -0.484 e. The van der Waals surface area contributed by atoms with Crippen LogP contribution in [0.15, 0.2) is 42.5 Å². The van der Waals surface area contributed by atoms with E-state index in [1.54, 1.807) is 31.2 Å². The number of hydrogen-bond acceptors (Lipinski definition) is 6. The van der Waals surface area contributed by atoms with Crippen molar-refractivity contribution in [3.63, 3.8) is 0 Å². The first-order valence-electron chi connectivity index (χ1n) is 13.1. The monoisotopic (exact) mass is 614 g/mol. The zero-order chi connectivity index (χ0) is 30.9. The lowest BCUT2D eigenvalue weighted by atomic mass is 10.1. The number of ether oxygens (including phenoxy) is 3. The average Bonchev–Trinajstić information content (AvgIpc) is 3.10. The van der Waals surface area contributed by atoms with Gasteiger partial charge in [0.15, 0.2) is 6.61 Å². The summed E-state index contributed by atoms with van der Waals surface area (Å²) < 4.78 is 52.5. The van der Waals surface area contributed by atoms with Gasteiger partial charge in [0, 0.05) is 52.1 Å². The van der Waals surface area contributed by atoms with Crippen LogP contribution in [-0.2, 0) is 20.8 Å². The first-order chi connectivity index (χ1) is 19.9. The van der Waals surface area contributed by atoms with E-state index in [1.807, 2.05) is 0 Å². The molecule has 0 spiro atoms. The molecule has 1 aliphatic rings. The molecule has 10 nitrogen and oxygen atoms in total. The smallest absolute Gasteiger partial charge is 0.422 e. The van der Waals surface area contributed by atoms with Gasteiger partial charge >= 0.3 is 12.2 Å². The fourth-order valence-corrected chi connectivity index (χ4v) is 4.62. The molecule has 1 aliphatic heterocycles. The SMILES string of the molecule is COCCN(CCOC)C(=O)CNC(=O)N1Cc2ccccc2N(C(=O)c2ccc(OCC(F)(F)F)cc2Cl)C[C@H]1C. The van der Waals surface area contributed by atoms with Gasteiger partial charge in [-0.3, -0.25) is 9.59 Å². The maximum absolute atomic E-state index is 13.7. The van der Waals surface area contributed by atoms with Gasteiger partial charge in [-0.1, -0.05) is 29.8 Å². The molecule has 0 aromatic heterocycles. The molecular weight excluding hydrogens is 581 g/mol. The van der Waals surface area contributed by atoms with Gasteiger partial charge in [0.2, 0.25) is 5.91 Å². The van der Waals surface area contributed by atoms with Crippen molar-refractivity contribution >= 4 is 35.1 Å². The summed E-state index contributed by atoms with van der Waals surface area (Å²) in [5.74, 6) is -0.917. The van der Waals surface area contributed by atoms with Crippen LogP contribution < -0.4 is 15.0 Å². The van der Waals surface area contributed by atoms with Crippen LogP contribution in [0, 0.1) is 0 Å². The summed E-state index contributed by atoms with van der Waals surface area (Å²) in [6, 6.07) is 9.80. The number of anilines is 1. The Balaban J connectivity index is 1.76. The Kier molecular flexibility index (Phi) is 11.8. The molecule has 0 saturated heterocycles. The van der Waals surface area contributed by atoms with Crippen molar-refractivity contribution in [2.45, 2.75) is 25.7 Å². The third kappa shape index (κ3) is 8.97. The minimum absolute atomic E-state index is 0.0636. The molecular formula is C28H34ClF3N4O6. The van der Waals surface area contributed by atoms with Crippen LogP contribution in [0.1, 0.15) is 22.8 Å². The Labute approximate surface area is 247 Å². The Hall–Kier alpha value is -3.55. The van der Waals surface area contributed by atoms with Gasteiger partial charge in [0.25, 0.3) is 5.91 Å². The number of amides is 4. The first kappa shape index (κ1) is 33.0. The fourth-order valence-electron chi connectivity index (χ4n) is 4.37. The van der Waals surface area contributed by atoms with E-state index in [0.29, 0.717) is 37.6 Å². The zero-order valence-corrected chi connectivity index (χ0v) is 24.3. The van der Waals surface area contributed by atoms with Crippen LogP contribution in [0.3, 0.4) is 0 Å². The number of nitrogens with zero attached hydrogens (tertiary/aromatic N) is 3. The van der Waals surface area contributed by atoms with Crippen LogP contribution in [0.4, 0.5) is 23.7 Å². The fraction of sp³-hybridized carbons (Fsp3) is 0.464. The van der Waals surface area contributed by atoms with E-state index in [9.17, 15) is 27.6 Å². The Morgan fingerprint density at radius 1 is 1.07 bits per heavy atom. The molecule has 230 valence electrons. The predicted molar refractivity (Wildman–Crippen MR) is 150 cm³/mol. The van der Waals surface area contributed by atoms with E-state index >= 15 is 0 Å². The summed E-state index contributed by atoms with van der Waals surface area (Å²) in [5, 5.41) is 2.61. The number of halogens is 4. The molecule has 0 radical (unpaired) electrons. The largest absolute Gasteiger partial charge is 0.484 e. The number of methoxy groups -OCH3 is 2. The van der Waals surface area contributed by atoms with E-state index in [2.05, 4.69) is 5.32 Å². The van der Waals surface area contributed by atoms with Gasteiger partial charge in [-0.15, -0.1) is 0 Å². The van der Waals surface area contributed by atoms with Crippen molar-refractivity contribution in [1.29, 1.82) is 0 Å². The predicted octanol–water partition coefficient (Wildman–Crippen LogP) is 3.96. The third-order valence-corrected chi connectivity index (χ3v) is 6.87.